The summed E-state index contributed by atoms with van der Waals surface area (Å²) >= 11 is 0. The molecule has 0 atom stereocenters. The minimum Gasteiger partial charge on any atom is -0.368 e. The molecule has 0 saturated carbocycles. The normalized spacial score (nSPS) is 18.4. The topological polar surface area (TPSA) is 55.8 Å². The highest BCUT2D eigenvalue weighted by atomic mass is 19.1. The van der Waals surface area contributed by atoms with Gasteiger partial charge in [-0.25, -0.2) is 14.4 Å². The number of anilines is 2. The van der Waals surface area contributed by atoms with Crippen molar-refractivity contribution in [1.82, 2.24) is 19.8 Å². The van der Waals surface area contributed by atoms with E-state index < -0.39 is 0 Å². The van der Waals surface area contributed by atoms with Gasteiger partial charge in [-0.3, -0.25) is 4.79 Å². The van der Waals surface area contributed by atoms with Crippen molar-refractivity contribution in [1.29, 1.82) is 0 Å². The zero-order chi connectivity index (χ0) is 19.5. The number of hydrogen-bond acceptors (Lipinski definition) is 6. The lowest BCUT2D eigenvalue weighted by Gasteiger charge is -2.36. The van der Waals surface area contributed by atoms with Crippen LogP contribution in [0.1, 0.15) is 10.5 Å². The van der Waals surface area contributed by atoms with Crippen molar-refractivity contribution in [3.8, 4) is 0 Å². The lowest BCUT2D eigenvalue weighted by atomic mass is 10.2. The lowest BCUT2D eigenvalue weighted by molar-refractivity contribution is 0.0658. The molecule has 2 fully saturated rings. The second-order valence-electron chi connectivity index (χ2n) is 7.31. The minimum atomic E-state index is -0.219. The summed E-state index contributed by atoms with van der Waals surface area (Å²) < 4.78 is 13.1. The Balaban J connectivity index is 1.34. The summed E-state index contributed by atoms with van der Waals surface area (Å²) in [6, 6.07) is 6.60. The SMILES string of the molecule is CN1CCN(C(=O)c2cnc(N3CCN(c4ccc(F)cc4)CC3)cn2)CC1. The van der Waals surface area contributed by atoms with Crippen molar-refractivity contribution in [2.45, 2.75) is 0 Å². The standard InChI is InChI=1S/C20H25FN6O/c1-24-6-8-27(9-7-24)20(28)18-14-23-19(15-22-18)26-12-10-25(11-13-26)17-4-2-16(21)3-5-17/h2-5,14-15H,6-13H2,1H3. The molecular formula is C20H25FN6O. The summed E-state index contributed by atoms with van der Waals surface area (Å²) in [5, 5.41) is 0. The van der Waals surface area contributed by atoms with Gasteiger partial charge in [-0.1, -0.05) is 0 Å². The van der Waals surface area contributed by atoms with Crippen LogP contribution in [0.2, 0.25) is 0 Å². The van der Waals surface area contributed by atoms with Crippen LogP contribution in [0.25, 0.3) is 0 Å². The van der Waals surface area contributed by atoms with E-state index in [1.165, 1.54) is 12.1 Å². The predicted molar refractivity (Wildman–Crippen MR) is 106 cm³/mol. The molecule has 0 radical (unpaired) electrons. The molecule has 1 amide bonds. The first-order chi connectivity index (χ1) is 13.6. The molecule has 4 rings (SSSR count). The van der Waals surface area contributed by atoms with E-state index in [9.17, 15) is 9.18 Å². The molecule has 3 heterocycles. The second kappa shape index (κ2) is 8.10. The summed E-state index contributed by atoms with van der Waals surface area (Å²) in [7, 11) is 2.06. The summed E-state index contributed by atoms with van der Waals surface area (Å²) in [6.07, 6.45) is 3.28. The van der Waals surface area contributed by atoms with E-state index in [1.807, 2.05) is 17.0 Å². The Morgan fingerprint density at radius 2 is 1.50 bits per heavy atom. The third kappa shape index (κ3) is 4.06. The van der Waals surface area contributed by atoms with Gasteiger partial charge in [0.2, 0.25) is 0 Å². The van der Waals surface area contributed by atoms with E-state index >= 15 is 0 Å². The average molecular weight is 384 g/mol. The van der Waals surface area contributed by atoms with Crippen LogP contribution in [-0.4, -0.2) is 85.1 Å². The van der Waals surface area contributed by atoms with Crippen molar-refractivity contribution in [3.05, 3.63) is 48.2 Å². The Morgan fingerprint density at radius 1 is 0.857 bits per heavy atom. The number of hydrogen-bond donors (Lipinski definition) is 0. The van der Waals surface area contributed by atoms with E-state index in [0.29, 0.717) is 5.69 Å². The Morgan fingerprint density at radius 3 is 2.11 bits per heavy atom. The summed E-state index contributed by atoms with van der Waals surface area (Å²) in [5.74, 6) is 0.519. The van der Waals surface area contributed by atoms with Crippen LogP contribution in [0.3, 0.4) is 0 Å². The highest BCUT2D eigenvalue weighted by molar-refractivity contribution is 5.92. The Labute approximate surface area is 164 Å². The third-order valence-corrected chi connectivity index (χ3v) is 5.44. The van der Waals surface area contributed by atoms with E-state index in [-0.39, 0.29) is 11.7 Å². The molecule has 0 N–H and O–H groups in total. The molecule has 7 nitrogen and oxygen atoms in total. The van der Waals surface area contributed by atoms with Gasteiger partial charge in [0.15, 0.2) is 0 Å². The van der Waals surface area contributed by atoms with Gasteiger partial charge in [0.05, 0.1) is 12.4 Å². The molecule has 0 aliphatic carbocycles. The number of piperazine rings is 2. The van der Waals surface area contributed by atoms with Gasteiger partial charge in [-0.05, 0) is 31.3 Å². The number of carbonyl (C=O) groups is 1. The molecule has 148 valence electrons. The maximum atomic E-state index is 13.1. The van der Waals surface area contributed by atoms with Crippen LogP contribution >= 0.6 is 0 Å². The molecule has 0 unspecified atom stereocenters. The second-order valence-corrected chi connectivity index (χ2v) is 7.31. The van der Waals surface area contributed by atoms with Crippen molar-refractivity contribution >= 4 is 17.4 Å². The predicted octanol–water partition coefficient (Wildman–Crippen LogP) is 1.33. The zero-order valence-corrected chi connectivity index (χ0v) is 16.1. The monoisotopic (exact) mass is 384 g/mol. The fourth-order valence-electron chi connectivity index (χ4n) is 3.61. The van der Waals surface area contributed by atoms with Gasteiger partial charge in [-0.15, -0.1) is 0 Å². The number of halogens is 1. The molecule has 28 heavy (non-hydrogen) atoms. The van der Waals surface area contributed by atoms with Gasteiger partial charge < -0.3 is 19.6 Å². The van der Waals surface area contributed by atoms with Crippen LogP contribution in [-0.2, 0) is 0 Å². The van der Waals surface area contributed by atoms with Gasteiger partial charge in [0.1, 0.15) is 17.3 Å². The number of likely N-dealkylation sites (N-methyl/N-ethyl adjacent to an activating group) is 1. The van der Waals surface area contributed by atoms with Crippen molar-refractivity contribution < 1.29 is 9.18 Å². The first-order valence-corrected chi connectivity index (χ1v) is 9.65. The molecule has 2 aliphatic heterocycles. The lowest BCUT2D eigenvalue weighted by Crippen LogP contribution is -2.47. The number of amides is 1. The molecule has 2 saturated heterocycles. The van der Waals surface area contributed by atoms with E-state index in [1.54, 1.807) is 12.4 Å². The van der Waals surface area contributed by atoms with Crippen LogP contribution in [0.15, 0.2) is 36.7 Å². The molecule has 0 spiro atoms. The van der Waals surface area contributed by atoms with E-state index in [0.717, 1.165) is 63.9 Å². The Kier molecular flexibility index (Phi) is 5.38. The molecular weight excluding hydrogens is 359 g/mol. The number of rotatable bonds is 3. The van der Waals surface area contributed by atoms with Gasteiger partial charge in [-0.2, -0.15) is 0 Å². The number of nitrogens with zero attached hydrogens (tertiary/aromatic N) is 6. The quantitative estimate of drug-likeness (QED) is 0.796. The fraction of sp³-hybridized carbons (Fsp3) is 0.450. The van der Waals surface area contributed by atoms with Gasteiger partial charge in [0, 0.05) is 58.0 Å². The van der Waals surface area contributed by atoms with E-state index in [2.05, 4.69) is 31.7 Å². The summed E-state index contributed by atoms with van der Waals surface area (Å²) in [6.45, 7) is 6.49. The van der Waals surface area contributed by atoms with Crippen molar-refractivity contribution in [2.75, 3.05) is 69.2 Å². The minimum absolute atomic E-state index is 0.0479. The van der Waals surface area contributed by atoms with Crippen molar-refractivity contribution in [3.63, 3.8) is 0 Å². The maximum Gasteiger partial charge on any atom is 0.274 e. The highest BCUT2D eigenvalue weighted by Gasteiger charge is 2.23. The van der Waals surface area contributed by atoms with E-state index in [4.69, 9.17) is 0 Å². The molecule has 8 heteroatoms. The number of carbonyl (C=O) groups excluding carboxylic acids is 1. The van der Waals surface area contributed by atoms with Crippen LogP contribution in [0.5, 0.6) is 0 Å². The molecule has 2 aromatic rings. The largest absolute Gasteiger partial charge is 0.368 e. The zero-order valence-electron chi connectivity index (χ0n) is 16.1. The van der Waals surface area contributed by atoms with Crippen LogP contribution in [0.4, 0.5) is 15.9 Å². The van der Waals surface area contributed by atoms with Crippen molar-refractivity contribution in [2.24, 2.45) is 0 Å². The fourth-order valence-corrected chi connectivity index (χ4v) is 3.61. The van der Waals surface area contributed by atoms with Gasteiger partial charge in [0.25, 0.3) is 5.91 Å². The van der Waals surface area contributed by atoms with Gasteiger partial charge >= 0.3 is 0 Å². The molecule has 0 bridgehead atoms. The molecule has 2 aliphatic rings. The van der Waals surface area contributed by atoms with Crippen LogP contribution < -0.4 is 9.80 Å². The maximum absolute atomic E-state index is 13.1. The molecule has 1 aromatic heterocycles. The average Bonchev–Trinajstić information content (AvgIpc) is 2.75. The first kappa shape index (κ1) is 18.6. The Bertz CT molecular complexity index is 796. The van der Waals surface area contributed by atoms with Crippen LogP contribution in [0, 0.1) is 5.82 Å². The first-order valence-electron chi connectivity index (χ1n) is 9.65. The summed E-state index contributed by atoms with van der Waals surface area (Å²) in [4.78, 5) is 29.9. The smallest absolute Gasteiger partial charge is 0.274 e. The Hall–Kier alpha value is -2.74. The number of benzene rings is 1. The highest BCUT2D eigenvalue weighted by Crippen LogP contribution is 2.19. The third-order valence-electron chi connectivity index (χ3n) is 5.44. The molecule has 1 aromatic carbocycles. The number of aromatic nitrogens is 2. The summed E-state index contributed by atoms with van der Waals surface area (Å²) in [5.41, 5.74) is 1.43.